The lowest BCUT2D eigenvalue weighted by atomic mass is 10.1. The topological polar surface area (TPSA) is 171 Å². The van der Waals surface area contributed by atoms with Crippen LogP contribution in [0.15, 0.2) is 11.0 Å². The number of fused-ring (bicyclic) bond motifs is 1. The van der Waals surface area contributed by atoms with Crippen LogP contribution in [0.4, 0.5) is 10.7 Å². The van der Waals surface area contributed by atoms with Crippen molar-refractivity contribution in [3.05, 3.63) is 15.9 Å². The second-order valence-electron chi connectivity index (χ2n) is 7.09. The second-order valence-corrected chi connectivity index (χ2v) is 8.09. The predicted octanol–water partition coefficient (Wildman–Crippen LogP) is 0.758. The van der Waals surface area contributed by atoms with Crippen LogP contribution in [0.3, 0.4) is 0 Å². The zero-order valence-corrected chi connectivity index (χ0v) is 18.5. The number of nitrogens with zero attached hydrogens (tertiary/aromatic N) is 3. The van der Waals surface area contributed by atoms with Gasteiger partial charge in [-0.25, -0.2) is 9.78 Å². The lowest BCUT2D eigenvalue weighted by Gasteiger charge is -2.24. The molecule has 3 rings (SSSR count). The molecule has 174 valence electrons. The van der Waals surface area contributed by atoms with E-state index in [1.165, 1.54) is 13.1 Å². The highest BCUT2D eigenvalue weighted by Gasteiger charge is 2.52. The molecule has 2 aromatic heterocycles. The van der Waals surface area contributed by atoms with Crippen molar-refractivity contribution in [2.24, 2.45) is 0 Å². The fraction of sp³-hybridized carbons (Fsp3) is 0.556. The van der Waals surface area contributed by atoms with Crippen LogP contribution >= 0.6 is 11.3 Å². The maximum Gasteiger partial charge on any atom is 0.509 e. The van der Waals surface area contributed by atoms with Crippen LogP contribution in [0.2, 0.25) is 0 Å². The van der Waals surface area contributed by atoms with Gasteiger partial charge in [0, 0.05) is 13.8 Å². The van der Waals surface area contributed by atoms with Crippen molar-refractivity contribution < 1.29 is 38.1 Å². The summed E-state index contributed by atoms with van der Waals surface area (Å²) in [6, 6.07) is 0. The summed E-state index contributed by atoms with van der Waals surface area (Å²) in [6.07, 6.45) is -5.05. The number of carbonyl (C=O) groups is 3. The van der Waals surface area contributed by atoms with E-state index >= 15 is 0 Å². The van der Waals surface area contributed by atoms with Crippen LogP contribution in [0.25, 0.3) is 10.3 Å². The van der Waals surface area contributed by atoms with E-state index in [4.69, 9.17) is 29.4 Å². The molecule has 0 aromatic carbocycles. The van der Waals surface area contributed by atoms with Gasteiger partial charge in [-0.15, -0.1) is 0 Å². The van der Waals surface area contributed by atoms with Crippen LogP contribution in [0.5, 0.6) is 0 Å². The molecule has 14 heteroatoms. The summed E-state index contributed by atoms with van der Waals surface area (Å²) in [5, 5.41) is 0. The number of esters is 2. The van der Waals surface area contributed by atoms with E-state index in [1.807, 2.05) is 0 Å². The third-order valence-electron chi connectivity index (χ3n) is 4.23. The number of aromatic nitrogens is 3. The predicted molar refractivity (Wildman–Crippen MR) is 109 cm³/mol. The fourth-order valence-electron chi connectivity index (χ4n) is 3.11. The Labute approximate surface area is 185 Å². The molecular weight excluding hydrogens is 448 g/mol. The van der Waals surface area contributed by atoms with Gasteiger partial charge < -0.3 is 29.4 Å². The molecule has 0 spiro atoms. The van der Waals surface area contributed by atoms with Crippen LogP contribution in [-0.2, 0) is 33.3 Å². The molecule has 2 aromatic rings. The van der Waals surface area contributed by atoms with E-state index in [-0.39, 0.29) is 18.2 Å². The highest BCUT2D eigenvalue weighted by atomic mass is 32.1. The largest absolute Gasteiger partial charge is 0.509 e. The molecule has 0 amide bonds. The number of hydrogen-bond acceptors (Lipinski definition) is 13. The van der Waals surface area contributed by atoms with E-state index in [0.717, 1.165) is 22.8 Å². The first-order valence-corrected chi connectivity index (χ1v) is 10.3. The zero-order valence-electron chi connectivity index (χ0n) is 17.7. The first-order valence-electron chi connectivity index (χ1n) is 9.53. The van der Waals surface area contributed by atoms with Gasteiger partial charge in [0.2, 0.25) is 5.95 Å². The molecule has 4 unspecified atom stereocenters. The summed E-state index contributed by atoms with van der Waals surface area (Å²) in [5.41, 5.74) is 5.80. The summed E-state index contributed by atoms with van der Waals surface area (Å²) < 4.78 is 28.2. The molecule has 1 saturated heterocycles. The number of rotatable bonds is 6. The van der Waals surface area contributed by atoms with Crippen molar-refractivity contribution in [1.29, 1.82) is 0 Å². The van der Waals surface area contributed by atoms with Crippen LogP contribution in [-0.4, -0.2) is 63.7 Å². The normalized spacial score (nSPS) is 22.7. The lowest BCUT2D eigenvalue weighted by Crippen LogP contribution is -2.41. The minimum atomic E-state index is -1.32. The first-order chi connectivity index (χ1) is 15.1. The minimum Gasteiger partial charge on any atom is -0.463 e. The van der Waals surface area contributed by atoms with Crippen molar-refractivity contribution in [3.8, 4) is 0 Å². The molecule has 2 N–H and O–H groups in total. The smallest absolute Gasteiger partial charge is 0.463 e. The van der Waals surface area contributed by atoms with E-state index in [9.17, 15) is 19.2 Å². The Kier molecular flexibility index (Phi) is 6.93. The summed E-state index contributed by atoms with van der Waals surface area (Å²) in [4.78, 5) is 55.5. The molecule has 1 aliphatic heterocycles. The number of nitrogens with two attached hydrogens (primary N) is 1. The van der Waals surface area contributed by atoms with E-state index < -0.39 is 53.6 Å². The fourth-order valence-corrected chi connectivity index (χ4v) is 3.93. The van der Waals surface area contributed by atoms with E-state index in [1.54, 1.807) is 13.8 Å². The summed E-state index contributed by atoms with van der Waals surface area (Å²) in [6.45, 7) is 5.26. The van der Waals surface area contributed by atoms with Crippen molar-refractivity contribution in [1.82, 2.24) is 14.5 Å². The van der Waals surface area contributed by atoms with Gasteiger partial charge in [-0.3, -0.25) is 19.0 Å². The van der Waals surface area contributed by atoms with Gasteiger partial charge in [0.05, 0.1) is 17.0 Å². The molecule has 4 atom stereocenters. The van der Waals surface area contributed by atoms with Gasteiger partial charge in [-0.05, 0) is 13.8 Å². The van der Waals surface area contributed by atoms with Gasteiger partial charge in [-0.1, -0.05) is 11.3 Å². The Morgan fingerprint density at radius 1 is 1.22 bits per heavy atom. The maximum atomic E-state index is 12.8. The zero-order chi connectivity index (χ0) is 23.6. The Morgan fingerprint density at radius 2 is 1.94 bits per heavy atom. The number of nitrogen functional groups attached to an aromatic ring is 1. The maximum absolute atomic E-state index is 12.8. The average Bonchev–Trinajstić information content (AvgIpc) is 3.15. The molecule has 1 aliphatic rings. The molecular formula is C18H22N4O9S. The van der Waals surface area contributed by atoms with Crippen LogP contribution in [0.1, 0.15) is 33.9 Å². The molecule has 13 nitrogen and oxygen atoms in total. The summed E-state index contributed by atoms with van der Waals surface area (Å²) in [5.74, 6) is -1.40. The molecule has 1 fully saturated rings. The van der Waals surface area contributed by atoms with E-state index in [2.05, 4.69) is 9.97 Å². The minimum absolute atomic E-state index is 0.0910. The molecule has 0 saturated carbocycles. The number of hydrogen-bond donors (Lipinski definition) is 1. The number of ether oxygens (including phenoxy) is 5. The van der Waals surface area contributed by atoms with Gasteiger partial charge in [0.1, 0.15) is 12.7 Å². The van der Waals surface area contributed by atoms with E-state index in [0.29, 0.717) is 4.70 Å². The summed E-state index contributed by atoms with van der Waals surface area (Å²) >= 11 is 0.822. The van der Waals surface area contributed by atoms with Crippen molar-refractivity contribution in [3.63, 3.8) is 0 Å². The Hall–Kier alpha value is -3.26. The van der Waals surface area contributed by atoms with Crippen LogP contribution < -0.4 is 10.6 Å². The average molecular weight is 470 g/mol. The molecule has 3 heterocycles. The molecule has 32 heavy (non-hydrogen) atoms. The third kappa shape index (κ3) is 5.13. The van der Waals surface area contributed by atoms with Crippen molar-refractivity contribution in [2.75, 3.05) is 12.3 Å². The molecule has 0 bridgehead atoms. The third-order valence-corrected chi connectivity index (χ3v) is 5.11. The SMILES string of the molecule is CC(=O)OCC1OC(n2c(=O)sc3cnc(N)nc32)C(OC(=O)OC(C)C)C1OC(C)=O. The number of thiazole rings is 1. The van der Waals surface area contributed by atoms with Gasteiger partial charge in [0.15, 0.2) is 24.1 Å². The number of carbonyl (C=O) groups excluding carboxylic acids is 3. The highest BCUT2D eigenvalue weighted by Crippen LogP contribution is 2.36. The van der Waals surface area contributed by atoms with Gasteiger partial charge in [0.25, 0.3) is 0 Å². The monoisotopic (exact) mass is 470 g/mol. The van der Waals surface area contributed by atoms with Gasteiger partial charge >= 0.3 is 23.0 Å². The second kappa shape index (κ2) is 9.48. The summed E-state index contributed by atoms with van der Waals surface area (Å²) in [7, 11) is 0. The molecule has 0 aliphatic carbocycles. The quantitative estimate of drug-likeness (QED) is 0.465. The Morgan fingerprint density at radius 3 is 2.56 bits per heavy atom. The van der Waals surface area contributed by atoms with Crippen LogP contribution in [0, 0.1) is 0 Å². The number of anilines is 1. The standard InChI is InChI=1S/C18H22N4O9S/c1-7(2)28-18(26)31-13-12(29-9(4)24)10(6-27-8(3)23)30-15(13)22-14-11(32-17(22)25)5-20-16(19)21-14/h5,7,10,12-13,15H,6H2,1-4H3,(H2,19,20,21). The Bertz CT molecular complexity index is 1080. The van der Waals surface area contributed by atoms with Gasteiger partial charge in [-0.2, -0.15) is 4.98 Å². The first kappa shape index (κ1) is 23.4. The molecule has 0 radical (unpaired) electrons. The van der Waals surface area contributed by atoms with Crippen molar-refractivity contribution in [2.45, 2.75) is 58.3 Å². The lowest BCUT2D eigenvalue weighted by molar-refractivity contribution is -0.158. The Balaban J connectivity index is 2.06. The van der Waals surface area contributed by atoms with Crippen molar-refractivity contribution >= 4 is 45.7 Å². The highest BCUT2D eigenvalue weighted by molar-refractivity contribution is 7.16.